The number of hydrogen-bond acceptors (Lipinski definition) is 10. The fourth-order valence-corrected chi connectivity index (χ4v) is 3.38. The number of hydrogen-bond donors (Lipinski definition) is 5. The molecule has 0 aliphatic heterocycles. The Kier molecular flexibility index (Phi) is 24.6. The molecule has 0 heterocycles. The van der Waals surface area contributed by atoms with Crippen LogP contribution in [0.4, 0.5) is 0 Å². The number of carbonyl (C=O) groups is 6. The zero-order valence-electron chi connectivity index (χ0n) is 25.4. The summed E-state index contributed by atoms with van der Waals surface area (Å²) in [7, 11) is 0. The Morgan fingerprint density at radius 3 is 1.91 bits per heavy atom. The van der Waals surface area contributed by atoms with Crippen LogP contribution in [-0.2, 0) is 47.7 Å². The van der Waals surface area contributed by atoms with E-state index in [1.165, 1.54) is 0 Å². The average Bonchev–Trinajstić information content (AvgIpc) is 2.97. The smallest absolute Gasteiger partial charge is 0.326 e. The van der Waals surface area contributed by atoms with E-state index in [2.05, 4.69) is 16.0 Å². The average molecular weight is 620 g/mol. The van der Waals surface area contributed by atoms with Crippen LogP contribution < -0.4 is 16.0 Å². The molecule has 43 heavy (non-hydrogen) atoms. The summed E-state index contributed by atoms with van der Waals surface area (Å²) in [4.78, 5) is 68.7. The lowest BCUT2D eigenvalue weighted by atomic mass is 10.1. The lowest BCUT2D eigenvalue weighted by Crippen LogP contribution is -2.42. The number of amides is 3. The van der Waals surface area contributed by atoms with E-state index in [9.17, 15) is 33.9 Å². The Morgan fingerprint density at radius 2 is 1.26 bits per heavy atom. The number of nitrogens with one attached hydrogen (secondary N) is 3. The highest BCUT2D eigenvalue weighted by Gasteiger charge is 2.19. The summed E-state index contributed by atoms with van der Waals surface area (Å²) in [5, 5.41) is 25.8. The summed E-state index contributed by atoms with van der Waals surface area (Å²) >= 11 is 0. The highest BCUT2D eigenvalue weighted by atomic mass is 16.5. The third kappa shape index (κ3) is 25.1. The number of rotatable bonds is 29. The number of carboxylic acid groups (broad SMARTS) is 2. The topological polar surface area (TPSA) is 216 Å². The monoisotopic (exact) mass is 619 g/mol. The molecular weight excluding hydrogens is 570 g/mol. The largest absolute Gasteiger partial charge is 0.481 e. The molecule has 0 saturated carbocycles. The summed E-state index contributed by atoms with van der Waals surface area (Å²) in [5.74, 6) is -3.57. The van der Waals surface area contributed by atoms with Gasteiger partial charge in [0.05, 0.1) is 39.0 Å². The Balaban J connectivity index is 3.63. The Labute approximate surface area is 252 Å². The molecule has 5 N–H and O–H groups in total. The van der Waals surface area contributed by atoms with Gasteiger partial charge >= 0.3 is 11.9 Å². The molecule has 0 aliphatic carbocycles. The number of Topliss-reactive ketones (excluding diaryl/α,β-unsaturated/α-hetero) is 1. The molecule has 15 nitrogen and oxygen atoms in total. The van der Waals surface area contributed by atoms with E-state index in [1.54, 1.807) is 13.8 Å². The van der Waals surface area contributed by atoms with Crippen molar-refractivity contribution in [3.05, 3.63) is 0 Å². The molecule has 248 valence electrons. The minimum atomic E-state index is -1.14. The molecule has 0 bridgehead atoms. The second-order valence-electron chi connectivity index (χ2n) is 9.76. The van der Waals surface area contributed by atoms with Gasteiger partial charge in [0.1, 0.15) is 19.3 Å². The number of ketones is 1. The van der Waals surface area contributed by atoms with E-state index in [4.69, 9.17) is 24.1 Å². The van der Waals surface area contributed by atoms with Crippen LogP contribution in [0.2, 0.25) is 0 Å². The number of ether oxygens (including phenoxy) is 4. The van der Waals surface area contributed by atoms with Crippen LogP contribution in [0.15, 0.2) is 0 Å². The van der Waals surface area contributed by atoms with E-state index in [0.29, 0.717) is 45.4 Å². The first kappa shape index (κ1) is 39.9. The Bertz CT molecular complexity index is 840. The van der Waals surface area contributed by atoms with Gasteiger partial charge in [0.2, 0.25) is 17.7 Å². The fourth-order valence-electron chi connectivity index (χ4n) is 3.38. The summed E-state index contributed by atoms with van der Waals surface area (Å²) in [5.41, 5.74) is 0. The zero-order chi connectivity index (χ0) is 32.3. The van der Waals surface area contributed by atoms with Crippen LogP contribution in [0, 0.1) is 5.92 Å². The maximum Gasteiger partial charge on any atom is 0.326 e. The van der Waals surface area contributed by atoms with Crippen molar-refractivity contribution in [2.45, 2.75) is 71.3 Å². The third-order valence-corrected chi connectivity index (χ3v) is 5.98. The van der Waals surface area contributed by atoms with E-state index in [0.717, 1.165) is 0 Å². The van der Waals surface area contributed by atoms with Gasteiger partial charge in [-0.05, 0) is 32.1 Å². The highest BCUT2D eigenvalue weighted by molar-refractivity contribution is 5.84. The van der Waals surface area contributed by atoms with Crippen molar-refractivity contribution >= 4 is 35.4 Å². The minimum absolute atomic E-state index is 0.0488. The molecule has 0 spiro atoms. The molecule has 0 aromatic rings. The molecule has 0 aromatic carbocycles. The number of unbranched alkanes of at least 4 members (excludes halogenated alkanes) is 1. The van der Waals surface area contributed by atoms with Crippen molar-refractivity contribution < 1.29 is 57.9 Å². The van der Waals surface area contributed by atoms with Gasteiger partial charge in [0.25, 0.3) is 0 Å². The summed E-state index contributed by atoms with van der Waals surface area (Å²) in [6, 6.07) is -1.03. The lowest BCUT2D eigenvalue weighted by Gasteiger charge is -2.14. The zero-order valence-corrected chi connectivity index (χ0v) is 25.4. The van der Waals surface area contributed by atoms with Crippen molar-refractivity contribution in [2.24, 2.45) is 5.92 Å². The predicted molar refractivity (Wildman–Crippen MR) is 153 cm³/mol. The second kappa shape index (κ2) is 26.5. The van der Waals surface area contributed by atoms with E-state index >= 15 is 0 Å². The summed E-state index contributed by atoms with van der Waals surface area (Å²) in [6.07, 6.45) is 2.94. The molecule has 2 unspecified atom stereocenters. The van der Waals surface area contributed by atoms with Crippen LogP contribution in [0.3, 0.4) is 0 Å². The number of carbonyl (C=O) groups excluding carboxylic acids is 4. The first-order valence-electron chi connectivity index (χ1n) is 14.7. The number of aliphatic carboxylic acids is 2. The standard InChI is InChI=1S/C28H49N3O12/c1-3-24(33)29-11-5-4-8-23(28(38)39)31-26(35)20-43-18-15-40-13-6-7-22(32)19-42-17-16-41-14-12-30-25(34)10-9-21(2)27(36)37/h21,23H,3-20H2,1-2H3,(H,29,33)(H,30,34)(H,31,35)(H,36,37)(H,38,39). The van der Waals surface area contributed by atoms with Crippen LogP contribution in [0.1, 0.15) is 65.2 Å². The van der Waals surface area contributed by atoms with Crippen molar-refractivity contribution in [3.63, 3.8) is 0 Å². The molecule has 0 fully saturated rings. The molecule has 2 atom stereocenters. The molecule has 15 heteroatoms. The SMILES string of the molecule is CCC(=O)NCCCCC(NC(=O)COCCOCCCC(=O)COCCOCCNC(=O)CCC(C)C(=O)O)C(=O)O. The highest BCUT2D eigenvalue weighted by Crippen LogP contribution is 2.05. The first-order valence-corrected chi connectivity index (χ1v) is 14.7. The third-order valence-electron chi connectivity index (χ3n) is 5.98. The van der Waals surface area contributed by atoms with Gasteiger partial charge < -0.3 is 45.1 Å². The molecule has 0 rings (SSSR count). The van der Waals surface area contributed by atoms with Gasteiger partial charge in [0, 0.05) is 39.0 Å². The normalized spacial score (nSPS) is 12.2. The second-order valence-corrected chi connectivity index (χ2v) is 9.76. The molecule has 0 saturated heterocycles. The Morgan fingerprint density at radius 1 is 0.628 bits per heavy atom. The van der Waals surface area contributed by atoms with Crippen molar-refractivity contribution in [1.29, 1.82) is 0 Å². The molecule has 3 amide bonds. The maximum absolute atomic E-state index is 12.0. The van der Waals surface area contributed by atoms with Gasteiger partial charge in [-0.1, -0.05) is 13.8 Å². The van der Waals surface area contributed by atoms with E-state index < -0.39 is 29.8 Å². The van der Waals surface area contributed by atoms with Crippen LogP contribution in [0.5, 0.6) is 0 Å². The van der Waals surface area contributed by atoms with E-state index in [-0.39, 0.29) is 89.5 Å². The van der Waals surface area contributed by atoms with Crippen molar-refractivity contribution in [2.75, 3.05) is 65.9 Å². The summed E-state index contributed by atoms with van der Waals surface area (Å²) < 4.78 is 21.2. The van der Waals surface area contributed by atoms with Gasteiger partial charge in [-0.25, -0.2) is 4.79 Å². The lowest BCUT2D eigenvalue weighted by molar-refractivity contribution is -0.143. The molecule has 0 aromatic heterocycles. The fraction of sp³-hybridized carbons (Fsp3) is 0.786. The number of carboxylic acids is 2. The van der Waals surface area contributed by atoms with Crippen LogP contribution in [-0.4, -0.2) is 118 Å². The minimum Gasteiger partial charge on any atom is -0.481 e. The van der Waals surface area contributed by atoms with Crippen LogP contribution >= 0.6 is 0 Å². The first-order chi connectivity index (χ1) is 20.6. The van der Waals surface area contributed by atoms with Crippen LogP contribution in [0.25, 0.3) is 0 Å². The summed E-state index contributed by atoms with van der Waals surface area (Å²) in [6.45, 7) is 5.12. The Hall–Kier alpha value is -3.14. The molecule has 0 radical (unpaired) electrons. The van der Waals surface area contributed by atoms with Crippen molar-refractivity contribution in [1.82, 2.24) is 16.0 Å². The van der Waals surface area contributed by atoms with Gasteiger partial charge in [-0.2, -0.15) is 0 Å². The van der Waals surface area contributed by atoms with Gasteiger partial charge in [-0.3, -0.25) is 24.0 Å². The van der Waals surface area contributed by atoms with Gasteiger partial charge in [0.15, 0.2) is 5.78 Å². The van der Waals surface area contributed by atoms with E-state index in [1.807, 2.05) is 0 Å². The predicted octanol–water partition coefficient (Wildman–Crippen LogP) is 0.285. The van der Waals surface area contributed by atoms with Crippen molar-refractivity contribution in [3.8, 4) is 0 Å². The molecular formula is C28H49N3O12. The van der Waals surface area contributed by atoms with Gasteiger partial charge in [-0.15, -0.1) is 0 Å². The quantitative estimate of drug-likeness (QED) is 0.0714. The molecule has 0 aliphatic rings. The maximum atomic E-state index is 12.0.